The fourth-order valence-electron chi connectivity index (χ4n) is 1.94. The van der Waals surface area contributed by atoms with Crippen molar-refractivity contribution < 1.29 is 4.74 Å². The molecule has 1 aliphatic heterocycles. The van der Waals surface area contributed by atoms with E-state index in [1.807, 2.05) is 6.07 Å². The first-order valence-electron chi connectivity index (χ1n) is 5.39. The zero-order valence-corrected chi connectivity index (χ0v) is 11.5. The molecule has 0 spiro atoms. The second kappa shape index (κ2) is 4.40. The topological polar surface area (TPSA) is 48.1 Å². The molecule has 0 atom stereocenters. The molecule has 1 aromatic heterocycles. The minimum atomic E-state index is 0.483. The van der Waals surface area contributed by atoms with E-state index >= 15 is 0 Å². The lowest BCUT2D eigenvalue weighted by Crippen LogP contribution is -1.93. The van der Waals surface area contributed by atoms with Crippen molar-refractivity contribution in [1.29, 1.82) is 0 Å². The second-order valence-electron chi connectivity index (χ2n) is 3.85. The molecule has 0 saturated carbocycles. The molecular formula is C12H11BrN2OS. The summed E-state index contributed by atoms with van der Waals surface area (Å²) in [5.74, 6) is 1.01. The van der Waals surface area contributed by atoms with Crippen LogP contribution in [0.2, 0.25) is 0 Å². The molecule has 5 heteroatoms. The third kappa shape index (κ3) is 1.99. The molecule has 0 radical (unpaired) electrons. The number of aromatic nitrogens is 1. The lowest BCUT2D eigenvalue weighted by molar-refractivity contribution is 0.357. The Morgan fingerprint density at radius 3 is 3.12 bits per heavy atom. The zero-order chi connectivity index (χ0) is 11.8. The fraction of sp³-hybridized carbons (Fsp3) is 0.250. The summed E-state index contributed by atoms with van der Waals surface area (Å²) >= 11 is 5.12. The molecule has 88 valence electrons. The van der Waals surface area contributed by atoms with Crippen molar-refractivity contribution in [3.63, 3.8) is 0 Å². The number of thiazole rings is 1. The Bertz CT molecular complexity index is 568. The summed E-state index contributed by atoms with van der Waals surface area (Å²) < 4.78 is 6.38. The number of nitrogens with zero attached hydrogens (tertiary/aromatic N) is 1. The largest absolute Gasteiger partial charge is 0.493 e. The normalized spacial score (nSPS) is 13.5. The van der Waals surface area contributed by atoms with Gasteiger partial charge in [-0.05, 0) is 45.3 Å². The molecule has 2 aromatic rings. The van der Waals surface area contributed by atoms with Crippen molar-refractivity contribution in [2.75, 3.05) is 6.61 Å². The van der Waals surface area contributed by atoms with E-state index in [0.717, 1.165) is 33.3 Å². The molecule has 0 fully saturated rings. The highest BCUT2D eigenvalue weighted by molar-refractivity contribution is 9.10. The van der Waals surface area contributed by atoms with Crippen LogP contribution in [0.5, 0.6) is 5.75 Å². The quantitative estimate of drug-likeness (QED) is 0.927. The van der Waals surface area contributed by atoms with Crippen LogP contribution in [-0.4, -0.2) is 11.6 Å². The van der Waals surface area contributed by atoms with Crippen LogP contribution >= 0.6 is 27.3 Å². The van der Waals surface area contributed by atoms with Crippen LogP contribution in [0.4, 0.5) is 0 Å². The van der Waals surface area contributed by atoms with Gasteiger partial charge in [-0.2, -0.15) is 0 Å². The van der Waals surface area contributed by atoms with Gasteiger partial charge in [-0.3, -0.25) is 0 Å². The van der Waals surface area contributed by atoms with Gasteiger partial charge in [-0.1, -0.05) is 0 Å². The van der Waals surface area contributed by atoms with Crippen LogP contribution in [-0.2, 0) is 13.0 Å². The van der Waals surface area contributed by atoms with Crippen LogP contribution < -0.4 is 10.5 Å². The maximum absolute atomic E-state index is 5.61. The summed E-state index contributed by atoms with van der Waals surface area (Å²) in [7, 11) is 0. The third-order valence-electron chi connectivity index (χ3n) is 2.76. The Morgan fingerprint density at radius 2 is 2.35 bits per heavy atom. The zero-order valence-electron chi connectivity index (χ0n) is 9.07. The Kier molecular flexibility index (Phi) is 2.90. The number of halogens is 1. The molecule has 0 unspecified atom stereocenters. The maximum Gasteiger partial charge on any atom is 0.125 e. The van der Waals surface area contributed by atoms with E-state index in [4.69, 9.17) is 10.5 Å². The van der Waals surface area contributed by atoms with Crippen LogP contribution in [0.15, 0.2) is 22.8 Å². The first-order chi connectivity index (χ1) is 8.28. The van der Waals surface area contributed by atoms with Crippen molar-refractivity contribution >= 4 is 27.3 Å². The highest BCUT2D eigenvalue weighted by Crippen LogP contribution is 2.37. The summed E-state index contributed by atoms with van der Waals surface area (Å²) in [4.78, 5) is 5.52. The molecule has 3 rings (SSSR count). The van der Waals surface area contributed by atoms with Crippen molar-refractivity contribution in [1.82, 2.24) is 4.98 Å². The van der Waals surface area contributed by atoms with Gasteiger partial charge in [0, 0.05) is 13.0 Å². The number of benzene rings is 1. The molecule has 1 aliphatic rings. The Balaban J connectivity index is 2.06. The molecule has 2 heterocycles. The van der Waals surface area contributed by atoms with Crippen molar-refractivity contribution in [2.45, 2.75) is 13.0 Å². The van der Waals surface area contributed by atoms with E-state index in [2.05, 4.69) is 33.0 Å². The van der Waals surface area contributed by atoms with E-state index < -0.39 is 0 Å². The number of hydrogen-bond acceptors (Lipinski definition) is 4. The maximum atomic E-state index is 5.61. The Morgan fingerprint density at radius 1 is 1.47 bits per heavy atom. The van der Waals surface area contributed by atoms with Crippen LogP contribution in [0.1, 0.15) is 10.6 Å². The molecule has 0 aliphatic carbocycles. The average molecular weight is 311 g/mol. The van der Waals surface area contributed by atoms with Crippen molar-refractivity contribution in [2.24, 2.45) is 5.73 Å². The van der Waals surface area contributed by atoms with Gasteiger partial charge in [0.05, 0.1) is 11.5 Å². The standard InChI is InChI=1S/C12H11BrN2OS/c13-12-11(17-10(6-14)15-12)8-1-2-9-7(5-8)3-4-16-9/h1-2,5H,3-4,6,14H2. The first kappa shape index (κ1) is 11.2. The van der Waals surface area contributed by atoms with Crippen molar-refractivity contribution in [3.8, 4) is 16.2 Å². The molecule has 17 heavy (non-hydrogen) atoms. The number of rotatable bonds is 2. The van der Waals surface area contributed by atoms with E-state index in [1.54, 1.807) is 11.3 Å². The smallest absolute Gasteiger partial charge is 0.125 e. The highest BCUT2D eigenvalue weighted by Gasteiger charge is 2.15. The summed E-state index contributed by atoms with van der Waals surface area (Å²) in [6, 6.07) is 6.29. The van der Waals surface area contributed by atoms with E-state index in [0.29, 0.717) is 6.54 Å². The van der Waals surface area contributed by atoms with Gasteiger partial charge in [0.25, 0.3) is 0 Å². The molecular weight excluding hydrogens is 300 g/mol. The van der Waals surface area contributed by atoms with Crippen LogP contribution in [0.3, 0.4) is 0 Å². The molecule has 1 aromatic carbocycles. The van der Waals surface area contributed by atoms with Gasteiger partial charge < -0.3 is 10.5 Å². The minimum Gasteiger partial charge on any atom is -0.493 e. The highest BCUT2D eigenvalue weighted by atomic mass is 79.9. The van der Waals surface area contributed by atoms with E-state index in [1.165, 1.54) is 11.1 Å². The molecule has 3 nitrogen and oxygen atoms in total. The van der Waals surface area contributed by atoms with Crippen molar-refractivity contribution in [3.05, 3.63) is 33.4 Å². The summed E-state index contributed by atoms with van der Waals surface area (Å²) in [6.07, 6.45) is 0.989. The van der Waals surface area contributed by atoms with Gasteiger partial charge in [0.2, 0.25) is 0 Å². The predicted octanol–water partition coefficient (Wildman–Crippen LogP) is 2.97. The third-order valence-corrected chi connectivity index (χ3v) is 4.72. The SMILES string of the molecule is NCc1nc(Br)c(-c2ccc3c(c2)CCO3)s1. The van der Waals surface area contributed by atoms with E-state index in [9.17, 15) is 0 Å². The van der Waals surface area contributed by atoms with Gasteiger partial charge in [-0.15, -0.1) is 11.3 Å². The fourth-order valence-corrected chi connectivity index (χ4v) is 3.57. The van der Waals surface area contributed by atoms with Gasteiger partial charge in [0.1, 0.15) is 15.4 Å². The first-order valence-corrected chi connectivity index (χ1v) is 7.00. The Labute approximate surface area is 112 Å². The molecule has 0 bridgehead atoms. The number of ether oxygens (including phenoxy) is 1. The average Bonchev–Trinajstić information content (AvgIpc) is 2.93. The van der Waals surface area contributed by atoms with Crippen LogP contribution in [0.25, 0.3) is 10.4 Å². The van der Waals surface area contributed by atoms with Gasteiger partial charge in [0.15, 0.2) is 0 Å². The lowest BCUT2D eigenvalue weighted by Gasteiger charge is -2.02. The predicted molar refractivity (Wildman–Crippen MR) is 72.3 cm³/mol. The van der Waals surface area contributed by atoms with Gasteiger partial charge in [-0.25, -0.2) is 4.98 Å². The second-order valence-corrected chi connectivity index (χ2v) is 5.69. The Hall–Kier alpha value is -0.910. The molecule has 2 N–H and O–H groups in total. The molecule has 0 amide bonds. The van der Waals surface area contributed by atoms with Gasteiger partial charge >= 0.3 is 0 Å². The summed E-state index contributed by atoms with van der Waals surface area (Å²) in [6.45, 7) is 1.27. The number of hydrogen-bond donors (Lipinski definition) is 1. The summed E-state index contributed by atoms with van der Waals surface area (Å²) in [5, 5.41) is 0.948. The number of fused-ring (bicyclic) bond motifs is 1. The molecule has 0 saturated heterocycles. The summed E-state index contributed by atoms with van der Waals surface area (Å²) in [5.41, 5.74) is 8.06. The van der Waals surface area contributed by atoms with E-state index in [-0.39, 0.29) is 0 Å². The minimum absolute atomic E-state index is 0.483. The monoisotopic (exact) mass is 310 g/mol. The lowest BCUT2D eigenvalue weighted by atomic mass is 10.1. The van der Waals surface area contributed by atoms with Crippen LogP contribution in [0, 0.1) is 0 Å². The number of nitrogens with two attached hydrogens (primary N) is 1.